The van der Waals surface area contributed by atoms with E-state index in [2.05, 4.69) is 5.10 Å². The lowest BCUT2D eigenvalue weighted by Gasteiger charge is -2.15. The van der Waals surface area contributed by atoms with Crippen molar-refractivity contribution >= 4 is 0 Å². The number of aryl methyl sites for hydroxylation is 2. The van der Waals surface area contributed by atoms with Crippen molar-refractivity contribution < 1.29 is 9.47 Å². The molecule has 1 aromatic heterocycles. The second-order valence-electron chi connectivity index (χ2n) is 4.15. The molecule has 1 aliphatic rings. The predicted molar refractivity (Wildman–Crippen MR) is 59.8 cm³/mol. The second kappa shape index (κ2) is 5.43. The van der Waals surface area contributed by atoms with Crippen molar-refractivity contribution in [2.45, 2.75) is 31.6 Å². The Balaban J connectivity index is 1.71. The molecule has 2 rings (SSSR count). The summed E-state index contributed by atoms with van der Waals surface area (Å²) in [6.45, 7) is 1.39. The van der Waals surface area contributed by atoms with Crippen LogP contribution in [-0.2, 0) is 22.9 Å². The van der Waals surface area contributed by atoms with Crippen LogP contribution in [0.15, 0.2) is 12.3 Å². The third-order valence-electron chi connectivity index (χ3n) is 2.88. The van der Waals surface area contributed by atoms with Gasteiger partial charge in [-0.25, -0.2) is 0 Å². The largest absolute Gasteiger partial charge is 0.350 e. The SMILES string of the molecule is Cn1nccc1CCC(N)CC1OCCO1. The van der Waals surface area contributed by atoms with E-state index in [1.165, 1.54) is 5.69 Å². The molecule has 0 spiro atoms. The maximum atomic E-state index is 6.03. The van der Waals surface area contributed by atoms with Crippen molar-refractivity contribution in [2.24, 2.45) is 12.8 Å². The van der Waals surface area contributed by atoms with Crippen LogP contribution in [0.4, 0.5) is 0 Å². The van der Waals surface area contributed by atoms with E-state index in [1.54, 1.807) is 0 Å². The monoisotopic (exact) mass is 225 g/mol. The molecule has 0 aromatic carbocycles. The molecule has 90 valence electrons. The Hall–Kier alpha value is -0.910. The number of aromatic nitrogens is 2. The number of rotatable bonds is 5. The summed E-state index contributed by atoms with van der Waals surface area (Å²) in [5, 5.41) is 4.12. The van der Waals surface area contributed by atoms with Gasteiger partial charge in [0.25, 0.3) is 0 Å². The summed E-state index contributed by atoms with van der Waals surface area (Å²) in [6, 6.07) is 2.15. The van der Waals surface area contributed by atoms with Gasteiger partial charge in [-0.2, -0.15) is 5.10 Å². The van der Waals surface area contributed by atoms with Crippen LogP contribution in [0.1, 0.15) is 18.5 Å². The van der Waals surface area contributed by atoms with E-state index < -0.39 is 0 Å². The predicted octanol–water partition coefficient (Wildman–Crippen LogP) is 0.443. The van der Waals surface area contributed by atoms with Crippen molar-refractivity contribution in [3.63, 3.8) is 0 Å². The van der Waals surface area contributed by atoms with E-state index in [0.717, 1.165) is 19.3 Å². The summed E-state index contributed by atoms with van der Waals surface area (Å²) >= 11 is 0. The van der Waals surface area contributed by atoms with Gasteiger partial charge in [-0.1, -0.05) is 0 Å². The van der Waals surface area contributed by atoms with Crippen LogP contribution in [0.2, 0.25) is 0 Å². The molecule has 1 fully saturated rings. The molecule has 0 aliphatic carbocycles. The third-order valence-corrected chi connectivity index (χ3v) is 2.88. The zero-order chi connectivity index (χ0) is 11.4. The highest BCUT2D eigenvalue weighted by atomic mass is 16.7. The first-order valence-corrected chi connectivity index (χ1v) is 5.71. The van der Waals surface area contributed by atoms with E-state index in [0.29, 0.717) is 13.2 Å². The molecular weight excluding hydrogens is 206 g/mol. The average molecular weight is 225 g/mol. The molecule has 0 radical (unpaired) electrons. The molecule has 16 heavy (non-hydrogen) atoms. The first kappa shape index (κ1) is 11.6. The van der Waals surface area contributed by atoms with Gasteiger partial charge < -0.3 is 15.2 Å². The molecule has 1 aliphatic heterocycles. The van der Waals surface area contributed by atoms with Crippen LogP contribution in [0.5, 0.6) is 0 Å². The normalized spacial score (nSPS) is 19.1. The summed E-state index contributed by atoms with van der Waals surface area (Å²) < 4.78 is 12.6. The van der Waals surface area contributed by atoms with Gasteiger partial charge in [0, 0.05) is 31.4 Å². The minimum absolute atomic E-state index is 0.0958. The zero-order valence-electron chi connectivity index (χ0n) is 9.63. The molecule has 1 unspecified atom stereocenters. The second-order valence-corrected chi connectivity index (χ2v) is 4.15. The highest BCUT2D eigenvalue weighted by molar-refractivity contribution is 5.00. The average Bonchev–Trinajstić information content (AvgIpc) is 2.87. The maximum Gasteiger partial charge on any atom is 0.159 e. The van der Waals surface area contributed by atoms with Gasteiger partial charge in [-0.15, -0.1) is 0 Å². The quantitative estimate of drug-likeness (QED) is 0.790. The fraction of sp³-hybridized carbons (Fsp3) is 0.727. The summed E-state index contributed by atoms with van der Waals surface area (Å²) in [4.78, 5) is 0. The first-order valence-electron chi connectivity index (χ1n) is 5.71. The topological polar surface area (TPSA) is 62.3 Å². The Morgan fingerprint density at radius 3 is 2.94 bits per heavy atom. The van der Waals surface area contributed by atoms with Gasteiger partial charge in [-0.05, 0) is 18.9 Å². The van der Waals surface area contributed by atoms with Crippen LogP contribution in [0.25, 0.3) is 0 Å². The van der Waals surface area contributed by atoms with Crippen molar-refractivity contribution in [3.8, 4) is 0 Å². The summed E-state index contributed by atoms with van der Waals surface area (Å²) in [6.07, 6.45) is 4.37. The molecule has 1 aromatic rings. The molecule has 0 bridgehead atoms. The van der Waals surface area contributed by atoms with Gasteiger partial charge in [0.15, 0.2) is 6.29 Å². The number of hydrogen-bond acceptors (Lipinski definition) is 4. The maximum absolute atomic E-state index is 6.03. The minimum Gasteiger partial charge on any atom is -0.350 e. The number of nitrogens with two attached hydrogens (primary N) is 1. The van der Waals surface area contributed by atoms with Crippen molar-refractivity contribution in [3.05, 3.63) is 18.0 Å². The standard InChI is InChI=1S/C11H19N3O2/c1-14-10(4-5-13-14)3-2-9(12)8-11-15-6-7-16-11/h4-5,9,11H,2-3,6-8,12H2,1H3. The lowest BCUT2D eigenvalue weighted by atomic mass is 10.1. The smallest absolute Gasteiger partial charge is 0.159 e. The molecular formula is C11H19N3O2. The van der Waals surface area contributed by atoms with Crippen LogP contribution in [-0.4, -0.2) is 35.3 Å². The Morgan fingerprint density at radius 2 is 2.31 bits per heavy atom. The van der Waals surface area contributed by atoms with E-state index in [1.807, 2.05) is 24.0 Å². The Morgan fingerprint density at radius 1 is 1.56 bits per heavy atom. The molecule has 1 saturated heterocycles. The van der Waals surface area contributed by atoms with Crippen molar-refractivity contribution in [2.75, 3.05) is 13.2 Å². The Kier molecular flexibility index (Phi) is 3.93. The Bertz CT molecular complexity index is 321. The zero-order valence-corrected chi connectivity index (χ0v) is 9.63. The molecule has 2 N–H and O–H groups in total. The fourth-order valence-electron chi connectivity index (χ4n) is 1.89. The van der Waals surface area contributed by atoms with Gasteiger partial charge in [0.05, 0.1) is 13.2 Å². The lowest BCUT2D eigenvalue weighted by Crippen LogP contribution is -2.27. The molecule has 1 atom stereocenters. The van der Waals surface area contributed by atoms with Crippen LogP contribution in [0, 0.1) is 0 Å². The fourth-order valence-corrected chi connectivity index (χ4v) is 1.89. The van der Waals surface area contributed by atoms with Crippen molar-refractivity contribution in [1.29, 1.82) is 0 Å². The van der Waals surface area contributed by atoms with E-state index in [9.17, 15) is 0 Å². The highest BCUT2D eigenvalue weighted by Gasteiger charge is 2.19. The third kappa shape index (κ3) is 3.04. The van der Waals surface area contributed by atoms with Crippen LogP contribution < -0.4 is 5.73 Å². The summed E-state index contributed by atoms with van der Waals surface area (Å²) in [5.74, 6) is 0. The minimum atomic E-state index is -0.0958. The number of hydrogen-bond donors (Lipinski definition) is 1. The van der Waals surface area contributed by atoms with E-state index in [4.69, 9.17) is 15.2 Å². The van der Waals surface area contributed by atoms with Crippen molar-refractivity contribution in [1.82, 2.24) is 9.78 Å². The van der Waals surface area contributed by atoms with E-state index in [-0.39, 0.29) is 12.3 Å². The Labute approximate surface area is 95.5 Å². The molecule has 2 heterocycles. The molecule has 0 saturated carbocycles. The van der Waals surface area contributed by atoms with E-state index >= 15 is 0 Å². The van der Waals surface area contributed by atoms with Crippen LogP contribution in [0.3, 0.4) is 0 Å². The number of ether oxygens (including phenoxy) is 2. The lowest BCUT2D eigenvalue weighted by molar-refractivity contribution is -0.0509. The van der Waals surface area contributed by atoms with Gasteiger partial charge in [0.2, 0.25) is 0 Å². The first-order chi connectivity index (χ1) is 7.75. The van der Waals surface area contributed by atoms with Gasteiger partial charge in [-0.3, -0.25) is 4.68 Å². The molecule has 5 nitrogen and oxygen atoms in total. The highest BCUT2D eigenvalue weighted by Crippen LogP contribution is 2.12. The van der Waals surface area contributed by atoms with Crippen LogP contribution >= 0.6 is 0 Å². The van der Waals surface area contributed by atoms with Gasteiger partial charge in [0.1, 0.15) is 0 Å². The van der Waals surface area contributed by atoms with Gasteiger partial charge >= 0.3 is 0 Å². The summed E-state index contributed by atoms with van der Waals surface area (Å²) in [5.41, 5.74) is 7.24. The molecule has 0 amide bonds. The molecule has 5 heteroatoms. The number of nitrogens with zero attached hydrogens (tertiary/aromatic N) is 2. The summed E-state index contributed by atoms with van der Waals surface area (Å²) in [7, 11) is 1.95.